The van der Waals surface area contributed by atoms with Gasteiger partial charge in [0, 0.05) is 11.1 Å². The molecule has 25 heavy (non-hydrogen) atoms. The van der Waals surface area contributed by atoms with Crippen molar-refractivity contribution in [3.05, 3.63) is 76.9 Å². The van der Waals surface area contributed by atoms with Gasteiger partial charge in [-0.25, -0.2) is 4.98 Å². The molecule has 6 heteroatoms. The zero-order chi connectivity index (χ0) is 17.8. The third-order valence-electron chi connectivity index (χ3n) is 3.49. The van der Waals surface area contributed by atoms with Crippen LogP contribution in [0.15, 0.2) is 60.8 Å². The van der Waals surface area contributed by atoms with E-state index >= 15 is 0 Å². The Morgan fingerprint density at radius 3 is 2.64 bits per heavy atom. The molecule has 1 heterocycles. The summed E-state index contributed by atoms with van der Waals surface area (Å²) in [6.45, 7) is 1.89. The van der Waals surface area contributed by atoms with E-state index in [1.165, 1.54) is 12.3 Å². The van der Waals surface area contributed by atoms with Gasteiger partial charge in [-0.05, 0) is 48.9 Å². The van der Waals surface area contributed by atoms with Gasteiger partial charge < -0.3 is 15.2 Å². The smallest absolute Gasteiger partial charge is 0.259 e. The zero-order valence-electron chi connectivity index (χ0n) is 13.4. The molecule has 3 aromatic rings. The van der Waals surface area contributed by atoms with Crippen molar-refractivity contribution in [2.75, 3.05) is 5.32 Å². The molecule has 3 rings (SSSR count). The number of ether oxygens (including phenoxy) is 1. The van der Waals surface area contributed by atoms with Crippen LogP contribution in [0.4, 0.5) is 5.69 Å². The molecule has 5 nitrogen and oxygen atoms in total. The van der Waals surface area contributed by atoms with Crippen molar-refractivity contribution >= 4 is 23.2 Å². The lowest BCUT2D eigenvalue weighted by Gasteiger charge is -2.09. The SMILES string of the molecule is Cc1cc(Cl)ccc1Oc1ccc(NC(=O)c2ccccc2O)cn1. The van der Waals surface area contributed by atoms with Crippen molar-refractivity contribution < 1.29 is 14.6 Å². The molecule has 2 N–H and O–H groups in total. The molecular formula is C19H15ClN2O3. The maximum Gasteiger partial charge on any atom is 0.259 e. The number of anilines is 1. The first-order valence-corrected chi connectivity index (χ1v) is 7.90. The average Bonchev–Trinajstić information content (AvgIpc) is 2.59. The second kappa shape index (κ2) is 7.23. The van der Waals surface area contributed by atoms with Crippen LogP contribution >= 0.6 is 11.6 Å². The second-order valence-corrected chi connectivity index (χ2v) is 5.80. The van der Waals surface area contributed by atoms with E-state index in [1.807, 2.05) is 6.92 Å². The Labute approximate surface area is 149 Å². The highest BCUT2D eigenvalue weighted by atomic mass is 35.5. The molecule has 0 aliphatic rings. The van der Waals surface area contributed by atoms with Gasteiger partial charge in [0.25, 0.3) is 5.91 Å². The molecule has 126 valence electrons. The molecule has 0 bridgehead atoms. The van der Waals surface area contributed by atoms with Crippen LogP contribution in [0, 0.1) is 6.92 Å². The first kappa shape index (κ1) is 16.8. The molecule has 0 aliphatic heterocycles. The Bertz CT molecular complexity index is 911. The zero-order valence-corrected chi connectivity index (χ0v) is 14.1. The minimum Gasteiger partial charge on any atom is -0.507 e. The number of aryl methyl sites for hydroxylation is 1. The largest absolute Gasteiger partial charge is 0.507 e. The number of para-hydroxylation sites is 1. The third kappa shape index (κ3) is 4.08. The molecule has 2 aromatic carbocycles. The predicted octanol–water partition coefficient (Wildman–Crippen LogP) is 4.79. The van der Waals surface area contributed by atoms with Gasteiger partial charge in [0.1, 0.15) is 11.5 Å². The Morgan fingerprint density at radius 1 is 1.16 bits per heavy atom. The molecular weight excluding hydrogens is 340 g/mol. The summed E-state index contributed by atoms with van der Waals surface area (Å²) < 4.78 is 5.71. The monoisotopic (exact) mass is 354 g/mol. The number of carbonyl (C=O) groups excluding carboxylic acids is 1. The van der Waals surface area contributed by atoms with Gasteiger partial charge in [-0.1, -0.05) is 23.7 Å². The molecule has 0 fully saturated rings. The van der Waals surface area contributed by atoms with Gasteiger partial charge >= 0.3 is 0 Å². The summed E-state index contributed by atoms with van der Waals surface area (Å²) in [5, 5.41) is 13.0. The Balaban J connectivity index is 1.70. The highest BCUT2D eigenvalue weighted by molar-refractivity contribution is 6.30. The van der Waals surface area contributed by atoms with E-state index in [4.69, 9.17) is 16.3 Å². The molecule has 0 aliphatic carbocycles. The molecule has 0 atom stereocenters. The van der Waals surface area contributed by atoms with Crippen LogP contribution in [0.1, 0.15) is 15.9 Å². The van der Waals surface area contributed by atoms with Crippen molar-refractivity contribution in [2.45, 2.75) is 6.92 Å². The molecule has 0 radical (unpaired) electrons. The maximum atomic E-state index is 12.1. The van der Waals surface area contributed by atoms with Crippen molar-refractivity contribution in [1.29, 1.82) is 0 Å². The summed E-state index contributed by atoms with van der Waals surface area (Å²) in [6.07, 6.45) is 1.48. The van der Waals surface area contributed by atoms with Crippen LogP contribution in [0.3, 0.4) is 0 Å². The lowest BCUT2D eigenvalue weighted by molar-refractivity contribution is 0.102. The number of rotatable bonds is 4. The standard InChI is InChI=1S/C19H15ClN2O3/c1-12-10-13(20)6-8-17(12)25-18-9-7-14(11-21-18)22-19(24)15-4-2-3-5-16(15)23/h2-11,23H,1H3,(H,22,24). The van der Waals surface area contributed by atoms with Gasteiger partial charge in [0.15, 0.2) is 0 Å². The van der Waals surface area contributed by atoms with Gasteiger partial charge in [-0.3, -0.25) is 4.79 Å². The fourth-order valence-corrected chi connectivity index (χ4v) is 2.45. The number of benzene rings is 2. The Kier molecular flexibility index (Phi) is 4.86. The van der Waals surface area contributed by atoms with Crippen LogP contribution in [-0.2, 0) is 0 Å². The predicted molar refractivity (Wildman–Crippen MR) is 96.6 cm³/mol. The summed E-state index contributed by atoms with van der Waals surface area (Å²) in [6, 6.07) is 15.0. The van der Waals surface area contributed by atoms with E-state index in [0.717, 1.165) is 5.56 Å². The molecule has 0 saturated heterocycles. The minimum atomic E-state index is -0.415. The van der Waals surface area contributed by atoms with Crippen LogP contribution in [-0.4, -0.2) is 16.0 Å². The van der Waals surface area contributed by atoms with E-state index in [9.17, 15) is 9.90 Å². The quantitative estimate of drug-likeness (QED) is 0.706. The third-order valence-corrected chi connectivity index (χ3v) is 3.73. The van der Waals surface area contributed by atoms with Crippen LogP contribution in [0.5, 0.6) is 17.4 Å². The van der Waals surface area contributed by atoms with Crippen molar-refractivity contribution in [1.82, 2.24) is 4.98 Å². The van der Waals surface area contributed by atoms with Crippen LogP contribution in [0.2, 0.25) is 5.02 Å². The number of carbonyl (C=O) groups is 1. The molecule has 1 amide bonds. The average molecular weight is 355 g/mol. The van der Waals surface area contributed by atoms with Crippen molar-refractivity contribution in [3.63, 3.8) is 0 Å². The summed E-state index contributed by atoms with van der Waals surface area (Å²) in [5.41, 5.74) is 1.58. The number of amides is 1. The Morgan fingerprint density at radius 2 is 1.96 bits per heavy atom. The topological polar surface area (TPSA) is 71.5 Å². The highest BCUT2D eigenvalue weighted by Crippen LogP contribution is 2.26. The van der Waals surface area contributed by atoms with Gasteiger partial charge in [0.05, 0.1) is 17.4 Å². The van der Waals surface area contributed by atoms with E-state index in [1.54, 1.807) is 48.5 Å². The molecule has 0 spiro atoms. The van der Waals surface area contributed by atoms with Crippen LogP contribution in [0.25, 0.3) is 0 Å². The number of aromatic nitrogens is 1. The first-order chi connectivity index (χ1) is 12.0. The number of hydrogen-bond acceptors (Lipinski definition) is 4. The van der Waals surface area contributed by atoms with Crippen molar-refractivity contribution in [2.24, 2.45) is 0 Å². The lowest BCUT2D eigenvalue weighted by atomic mass is 10.2. The number of phenolic OH excluding ortho intramolecular Hbond substituents is 1. The minimum absolute atomic E-state index is 0.0777. The Hall–Kier alpha value is -3.05. The number of pyridine rings is 1. The molecule has 0 saturated carbocycles. The first-order valence-electron chi connectivity index (χ1n) is 7.52. The lowest BCUT2D eigenvalue weighted by Crippen LogP contribution is -2.12. The van der Waals surface area contributed by atoms with Crippen molar-refractivity contribution in [3.8, 4) is 17.4 Å². The van der Waals surface area contributed by atoms with E-state index in [0.29, 0.717) is 22.3 Å². The normalized spacial score (nSPS) is 10.3. The summed E-state index contributed by atoms with van der Waals surface area (Å²) in [5.74, 6) is 0.558. The summed E-state index contributed by atoms with van der Waals surface area (Å²) in [4.78, 5) is 16.3. The van der Waals surface area contributed by atoms with Gasteiger partial charge in [-0.15, -0.1) is 0 Å². The summed E-state index contributed by atoms with van der Waals surface area (Å²) in [7, 11) is 0. The van der Waals surface area contributed by atoms with E-state index < -0.39 is 5.91 Å². The second-order valence-electron chi connectivity index (χ2n) is 5.37. The van der Waals surface area contributed by atoms with E-state index in [2.05, 4.69) is 10.3 Å². The van der Waals surface area contributed by atoms with Gasteiger partial charge in [0.2, 0.25) is 5.88 Å². The number of aromatic hydroxyl groups is 1. The molecule has 1 aromatic heterocycles. The summed E-state index contributed by atoms with van der Waals surface area (Å²) >= 11 is 5.92. The number of nitrogens with zero attached hydrogens (tertiary/aromatic N) is 1. The maximum absolute atomic E-state index is 12.1. The fraction of sp³-hybridized carbons (Fsp3) is 0.0526. The van der Waals surface area contributed by atoms with Crippen LogP contribution < -0.4 is 10.1 Å². The number of halogens is 1. The number of hydrogen-bond donors (Lipinski definition) is 2. The fourth-order valence-electron chi connectivity index (χ4n) is 2.22. The number of phenols is 1. The van der Waals surface area contributed by atoms with E-state index in [-0.39, 0.29) is 11.3 Å². The molecule has 0 unspecified atom stereocenters. The van der Waals surface area contributed by atoms with Gasteiger partial charge in [-0.2, -0.15) is 0 Å². The number of nitrogens with one attached hydrogen (secondary N) is 1. The highest BCUT2D eigenvalue weighted by Gasteiger charge is 2.11.